The van der Waals surface area contributed by atoms with E-state index < -0.39 is 28.9 Å². The van der Waals surface area contributed by atoms with Crippen molar-refractivity contribution in [1.29, 1.82) is 0 Å². The second-order valence-corrected chi connectivity index (χ2v) is 6.48. The smallest absolute Gasteiger partial charge is 0.239 e. The van der Waals surface area contributed by atoms with Crippen molar-refractivity contribution in [1.82, 2.24) is 0 Å². The Bertz CT molecular complexity index is 765. The molecule has 2 amide bonds. The van der Waals surface area contributed by atoms with Gasteiger partial charge in [-0.15, -0.1) is 0 Å². The molecule has 6 heteroatoms. The van der Waals surface area contributed by atoms with Crippen molar-refractivity contribution in [2.45, 2.75) is 27.7 Å². The molecule has 132 valence electrons. The molecular formula is C19H20F2N2O2. The van der Waals surface area contributed by atoms with Gasteiger partial charge in [-0.2, -0.15) is 0 Å². The number of halogens is 2. The molecule has 4 nitrogen and oxygen atoms in total. The number of carbonyl (C=O) groups is 2. The number of nitrogens with one attached hydrogen (secondary N) is 2. The summed E-state index contributed by atoms with van der Waals surface area (Å²) in [7, 11) is 0. The summed E-state index contributed by atoms with van der Waals surface area (Å²) in [6.45, 7) is 6.65. The summed E-state index contributed by atoms with van der Waals surface area (Å²) >= 11 is 0. The van der Waals surface area contributed by atoms with E-state index in [4.69, 9.17) is 0 Å². The van der Waals surface area contributed by atoms with Crippen molar-refractivity contribution in [3.63, 3.8) is 0 Å². The van der Waals surface area contributed by atoms with E-state index >= 15 is 0 Å². The van der Waals surface area contributed by atoms with Crippen LogP contribution < -0.4 is 10.6 Å². The van der Waals surface area contributed by atoms with Gasteiger partial charge in [0.2, 0.25) is 11.8 Å². The van der Waals surface area contributed by atoms with Gasteiger partial charge in [-0.25, -0.2) is 8.78 Å². The summed E-state index contributed by atoms with van der Waals surface area (Å²) in [5.41, 5.74) is 0.884. The minimum Gasteiger partial charge on any atom is -0.325 e. The number of hydrogen-bond acceptors (Lipinski definition) is 2. The van der Waals surface area contributed by atoms with Gasteiger partial charge in [0.1, 0.15) is 17.0 Å². The van der Waals surface area contributed by atoms with Crippen molar-refractivity contribution in [3.05, 3.63) is 59.2 Å². The molecule has 2 rings (SSSR count). The molecule has 0 fully saturated rings. The van der Waals surface area contributed by atoms with Crippen molar-refractivity contribution in [2.75, 3.05) is 10.6 Å². The first kappa shape index (κ1) is 18.6. The highest BCUT2D eigenvalue weighted by Gasteiger charge is 2.36. The molecule has 2 aromatic rings. The van der Waals surface area contributed by atoms with Crippen LogP contribution in [0.3, 0.4) is 0 Å². The monoisotopic (exact) mass is 346 g/mol. The molecule has 0 aliphatic rings. The number of aryl methyl sites for hydroxylation is 2. The van der Waals surface area contributed by atoms with Crippen LogP contribution in [0.15, 0.2) is 36.4 Å². The largest absolute Gasteiger partial charge is 0.325 e. The summed E-state index contributed by atoms with van der Waals surface area (Å²) in [4.78, 5) is 24.9. The number of hydrogen-bond donors (Lipinski definition) is 2. The van der Waals surface area contributed by atoms with Gasteiger partial charge in [-0.3, -0.25) is 9.59 Å². The highest BCUT2D eigenvalue weighted by Crippen LogP contribution is 2.24. The average molecular weight is 346 g/mol. The van der Waals surface area contributed by atoms with Crippen LogP contribution in [-0.2, 0) is 9.59 Å². The summed E-state index contributed by atoms with van der Waals surface area (Å²) in [5, 5.41) is 5.04. The highest BCUT2D eigenvalue weighted by molar-refractivity contribution is 6.14. The number of carbonyl (C=O) groups excluding carboxylic acids is 2. The van der Waals surface area contributed by atoms with Crippen LogP contribution in [0.4, 0.5) is 20.2 Å². The minimum absolute atomic E-state index is 0.182. The van der Waals surface area contributed by atoms with E-state index in [0.29, 0.717) is 11.8 Å². The maximum Gasteiger partial charge on any atom is 0.239 e. The molecule has 0 saturated heterocycles. The van der Waals surface area contributed by atoms with E-state index in [1.54, 1.807) is 6.07 Å². The van der Waals surface area contributed by atoms with E-state index in [1.165, 1.54) is 13.8 Å². The maximum absolute atomic E-state index is 13.7. The Labute approximate surface area is 145 Å². The fraction of sp³-hybridized carbons (Fsp3) is 0.263. The quantitative estimate of drug-likeness (QED) is 0.816. The molecule has 0 aliphatic heterocycles. The zero-order chi connectivity index (χ0) is 18.8. The topological polar surface area (TPSA) is 58.2 Å². The van der Waals surface area contributed by atoms with Crippen molar-refractivity contribution < 1.29 is 18.4 Å². The molecule has 0 atom stereocenters. The average Bonchev–Trinajstić information content (AvgIpc) is 2.52. The van der Waals surface area contributed by atoms with E-state index in [-0.39, 0.29) is 5.69 Å². The van der Waals surface area contributed by atoms with Crippen LogP contribution in [0, 0.1) is 30.9 Å². The van der Waals surface area contributed by atoms with E-state index in [1.807, 2.05) is 26.0 Å². The van der Waals surface area contributed by atoms with E-state index in [9.17, 15) is 18.4 Å². The number of anilines is 2. The first-order valence-electron chi connectivity index (χ1n) is 7.76. The van der Waals surface area contributed by atoms with Crippen LogP contribution >= 0.6 is 0 Å². The molecule has 0 spiro atoms. The minimum atomic E-state index is -1.46. The van der Waals surface area contributed by atoms with Crippen LogP contribution in [-0.4, -0.2) is 11.8 Å². The molecule has 0 unspecified atom stereocenters. The van der Waals surface area contributed by atoms with Gasteiger partial charge in [-0.1, -0.05) is 17.7 Å². The third-order valence-electron chi connectivity index (χ3n) is 3.94. The summed E-state index contributed by atoms with van der Waals surface area (Å²) < 4.78 is 26.6. The van der Waals surface area contributed by atoms with Gasteiger partial charge in [0.25, 0.3) is 0 Å². The lowest BCUT2D eigenvalue weighted by Crippen LogP contribution is -2.41. The Morgan fingerprint density at radius 1 is 0.880 bits per heavy atom. The predicted molar refractivity (Wildman–Crippen MR) is 93.3 cm³/mol. The third-order valence-corrected chi connectivity index (χ3v) is 3.94. The van der Waals surface area contributed by atoms with Crippen molar-refractivity contribution in [2.24, 2.45) is 5.41 Å². The standard InChI is InChI=1S/C19H20F2N2O2/c1-11-5-7-15(12(2)9-11)22-17(24)19(3,4)18(25)23-16-8-6-13(20)10-14(16)21/h5-10H,1-4H3,(H,22,24)(H,23,25). The predicted octanol–water partition coefficient (Wildman–Crippen LogP) is 4.19. The van der Waals surface area contributed by atoms with Gasteiger partial charge in [0, 0.05) is 11.8 Å². The molecule has 0 radical (unpaired) electrons. The van der Waals surface area contributed by atoms with Gasteiger partial charge < -0.3 is 10.6 Å². The lowest BCUT2D eigenvalue weighted by atomic mass is 9.90. The zero-order valence-corrected chi connectivity index (χ0v) is 14.5. The molecule has 0 heterocycles. The normalized spacial score (nSPS) is 11.1. The Morgan fingerprint density at radius 2 is 1.44 bits per heavy atom. The van der Waals surface area contributed by atoms with Crippen LogP contribution in [0.2, 0.25) is 0 Å². The zero-order valence-electron chi connectivity index (χ0n) is 14.5. The molecule has 0 aliphatic carbocycles. The Hall–Kier alpha value is -2.76. The van der Waals surface area contributed by atoms with E-state index in [2.05, 4.69) is 10.6 Å². The second-order valence-electron chi connectivity index (χ2n) is 6.48. The fourth-order valence-electron chi connectivity index (χ4n) is 2.20. The summed E-state index contributed by atoms with van der Waals surface area (Å²) in [5.74, 6) is -2.87. The van der Waals surface area contributed by atoms with Crippen LogP contribution in [0.5, 0.6) is 0 Å². The van der Waals surface area contributed by atoms with Gasteiger partial charge >= 0.3 is 0 Å². The number of amides is 2. The fourth-order valence-corrected chi connectivity index (χ4v) is 2.20. The first-order valence-corrected chi connectivity index (χ1v) is 7.76. The molecule has 2 N–H and O–H groups in total. The summed E-state index contributed by atoms with van der Waals surface area (Å²) in [6.07, 6.45) is 0. The summed E-state index contributed by atoms with van der Waals surface area (Å²) in [6, 6.07) is 8.33. The van der Waals surface area contributed by atoms with Crippen LogP contribution in [0.1, 0.15) is 25.0 Å². The number of benzene rings is 2. The Morgan fingerprint density at radius 3 is 2.00 bits per heavy atom. The van der Waals surface area contributed by atoms with E-state index in [0.717, 1.165) is 23.3 Å². The van der Waals surface area contributed by atoms with Crippen LogP contribution in [0.25, 0.3) is 0 Å². The molecule has 2 aromatic carbocycles. The molecule has 0 bridgehead atoms. The second kappa shape index (κ2) is 7.01. The molecule has 0 saturated carbocycles. The molecule has 25 heavy (non-hydrogen) atoms. The van der Waals surface area contributed by atoms with Gasteiger partial charge in [0.05, 0.1) is 5.69 Å². The Balaban J connectivity index is 2.15. The SMILES string of the molecule is Cc1ccc(NC(=O)C(C)(C)C(=O)Nc2ccc(F)cc2F)c(C)c1. The molecular weight excluding hydrogens is 326 g/mol. The molecule has 0 aromatic heterocycles. The lowest BCUT2D eigenvalue weighted by molar-refractivity contribution is -0.135. The highest BCUT2D eigenvalue weighted by atomic mass is 19.1. The number of rotatable bonds is 4. The lowest BCUT2D eigenvalue weighted by Gasteiger charge is -2.23. The first-order chi connectivity index (χ1) is 11.6. The van der Waals surface area contributed by atoms with Crippen molar-refractivity contribution >= 4 is 23.2 Å². The maximum atomic E-state index is 13.7. The van der Waals surface area contributed by atoms with Gasteiger partial charge in [-0.05, 0) is 51.5 Å². The van der Waals surface area contributed by atoms with Gasteiger partial charge in [0.15, 0.2) is 0 Å². The Kier molecular flexibility index (Phi) is 5.21. The van der Waals surface area contributed by atoms with Crippen molar-refractivity contribution in [3.8, 4) is 0 Å². The third kappa shape index (κ3) is 4.21.